The topological polar surface area (TPSA) is 31.2 Å². The predicted octanol–water partition coefficient (Wildman–Crippen LogP) is 2.02. The van der Waals surface area contributed by atoms with Gasteiger partial charge in [-0.25, -0.2) is 0 Å². The van der Waals surface area contributed by atoms with Gasteiger partial charge in [0, 0.05) is 25.0 Å². The Morgan fingerprint density at radius 3 is 2.86 bits per heavy atom. The Balaban J connectivity index is 2.43. The lowest BCUT2D eigenvalue weighted by Crippen LogP contribution is -2.14. The van der Waals surface area contributed by atoms with Gasteiger partial charge in [-0.05, 0) is 19.4 Å². The molecular formula is C11H17NO2. The quantitative estimate of drug-likeness (QED) is 0.673. The third kappa shape index (κ3) is 3.00. The standard InChI is InChI=1S/C11H17NO2/c1-4-9(2)14-8-11(13)10-5-6-12(3)7-10/h5-7,9H,4,8H2,1-3H3. The number of hydrogen-bond donors (Lipinski definition) is 0. The largest absolute Gasteiger partial charge is 0.370 e. The average molecular weight is 195 g/mol. The molecule has 1 aromatic heterocycles. The van der Waals surface area contributed by atoms with Crippen molar-refractivity contribution in [2.24, 2.45) is 7.05 Å². The molecule has 0 aliphatic rings. The first kappa shape index (κ1) is 11.0. The van der Waals surface area contributed by atoms with E-state index >= 15 is 0 Å². The van der Waals surface area contributed by atoms with Crippen molar-refractivity contribution < 1.29 is 9.53 Å². The second-order valence-corrected chi connectivity index (χ2v) is 3.52. The monoisotopic (exact) mass is 195 g/mol. The lowest BCUT2D eigenvalue weighted by molar-refractivity contribution is 0.0511. The Kier molecular flexibility index (Phi) is 3.89. The number of rotatable bonds is 5. The Morgan fingerprint density at radius 1 is 1.64 bits per heavy atom. The van der Waals surface area contributed by atoms with Gasteiger partial charge in [-0.3, -0.25) is 4.79 Å². The highest BCUT2D eigenvalue weighted by Gasteiger charge is 2.08. The molecule has 1 heterocycles. The summed E-state index contributed by atoms with van der Waals surface area (Å²) >= 11 is 0. The van der Waals surface area contributed by atoms with E-state index in [1.807, 2.05) is 43.9 Å². The molecule has 3 heteroatoms. The van der Waals surface area contributed by atoms with Gasteiger partial charge in [0.15, 0.2) is 5.78 Å². The highest BCUT2D eigenvalue weighted by atomic mass is 16.5. The number of hydrogen-bond acceptors (Lipinski definition) is 2. The summed E-state index contributed by atoms with van der Waals surface area (Å²) in [7, 11) is 1.90. The highest BCUT2D eigenvalue weighted by molar-refractivity contribution is 5.96. The summed E-state index contributed by atoms with van der Waals surface area (Å²) in [5.41, 5.74) is 0.718. The number of ether oxygens (including phenoxy) is 1. The molecular weight excluding hydrogens is 178 g/mol. The first-order chi connectivity index (χ1) is 6.63. The van der Waals surface area contributed by atoms with Crippen molar-refractivity contribution >= 4 is 5.78 Å². The van der Waals surface area contributed by atoms with E-state index in [0.29, 0.717) is 0 Å². The first-order valence-electron chi connectivity index (χ1n) is 4.90. The van der Waals surface area contributed by atoms with Crippen LogP contribution in [0.3, 0.4) is 0 Å². The smallest absolute Gasteiger partial charge is 0.189 e. The van der Waals surface area contributed by atoms with E-state index in [1.54, 1.807) is 0 Å². The van der Waals surface area contributed by atoms with Crippen LogP contribution in [0.1, 0.15) is 30.6 Å². The summed E-state index contributed by atoms with van der Waals surface area (Å²) in [4.78, 5) is 11.5. The maximum Gasteiger partial charge on any atom is 0.189 e. The van der Waals surface area contributed by atoms with Crippen LogP contribution in [-0.2, 0) is 11.8 Å². The third-order valence-electron chi connectivity index (χ3n) is 2.23. The fourth-order valence-corrected chi connectivity index (χ4v) is 1.09. The number of ketones is 1. The van der Waals surface area contributed by atoms with Crippen LogP contribution in [0.5, 0.6) is 0 Å². The maximum atomic E-state index is 11.5. The highest BCUT2D eigenvalue weighted by Crippen LogP contribution is 2.03. The third-order valence-corrected chi connectivity index (χ3v) is 2.23. The van der Waals surface area contributed by atoms with E-state index in [2.05, 4.69) is 0 Å². The van der Waals surface area contributed by atoms with Gasteiger partial charge in [-0.15, -0.1) is 0 Å². The number of Topliss-reactive ketones (excluding diaryl/α,β-unsaturated/α-hetero) is 1. The van der Waals surface area contributed by atoms with E-state index < -0.39 is 0 Å². The molecule has 0 N–H and O–H groups in total. The molecule has 1 rings (SSSR count). The SMILES string of the molecule is CCC(C)OCC(=O)c1ccn(C)c1. The van der Waals surface area contributed by atoms with E-state index in [1.165, 1.54) is 0 Å². The summed E-state index contributed by atoms with van der Waals surface area (Å²) in [6.45, 7) is 4.19. The zero-order chi connectivity index (χ0) is 10.6. The molecule has 0 spiro atoms. The van der Waals surface area contributed by atoms with E-state index in [9.17, 15) is 4.79 Å². The molecule has 78 valence electrons. The van der Waals surface area contributed by atoms with Crippen molar-refractivity contribution in [2.45, 2.75) is 26.4 Å². The molecule has 0 saturated carbocycles. The summed E-state index contributed by atoms with van der Waals surface area (Å²) in [6, 6.07) is 1.81. The predicted molar refractivity (Wildman–Crippen MR) is 55.4 cm³/mol. The zero-order valence-electron chi connectivity index (χ0n) is 8.99. The first-order valence-corrected chi connectivity index (χ1v) is 4.90. The molecule has 14 heavy (non-hydrogen) atoms. The van der Waals surface area contributed by atoms with Gasteiger partial charge in [-0.1, -0.05) is 6.92 Å². The van der Waals surface area contributed by atoms with E-state index in [0.717, 1.165) is 12.0 Å². The van der Waals surface area contributed by atoms with Crippen LogP contribution < -0.4 is 0 Å². The minimum absolute atomic E-state index is 0.0471. The number of aromatic nitrogens is 1. The molecule has 0 bridgehead atoms. The van der Waals surface area contributed by atoms with Gasteiger partial charge in [0.05, 0.1) is 6.10 Å². The van der Waals surface area contributed by atoms with Crippen molar-refractivity contribution in [2.75, 3.05) is 6.61 Å². The fraction of sp³-hybridized carbons (Fsp3) is 0.545. The molecule has 1 aromatic rings. The number of aryl methyl sites for hydroxylation is 1. The second kappa shape index (κ2) is 4.96. The van der Waals surface area contributed by atoms with Crippen molar-refractivity contribution in [3.63, 3.8) is 0 Å². The van der Waals surface area contributed by atoms with Crippen LogP contribution in [0.25, 0.3) is 0 Å². The second-order valence-electron chi connectivity index (χ2n) is 3.52. The van der Waals surface area contributed by atoms with Crippen molar-refractivity contribution in [1.82, 2.24) is 4.57 Å². The number of carbonyl (C=O) groups excluding carboxylic acids is 1. The van der Waals surface area contributed by atoms with Crippen molar-refractivity contribution in [3.8, 4) is 0 Å². The lowest BCUT2D eigenvalue weighted by atomic mass is 10.2. The van der Waals surface area contributed by atoms with Crippen LogP contribution in [-0.4, -0.2) is 23.1 Å². The van der Waals surface area contributed by atoms with E-state index in [-0.39, 0.29) is 18.5 Å². The molecule has 0 amide bonds. The van der Waals surface area contributed by atoms with Gasteiger partial charge < -0.3 is 9.30 Å². The molecule has 0 radical (unpaired) electrons. The van der Waals surface area contributed by atoms with Gasteiger partial charge >= 0.3 is 0 Å². The zero-order valence-corrected chi connectivity index (χ0v) is 8.99. The molecule has 0 aliphatic carbocycles. The van der Waals surface area contributed by atoms with Crippen LogP contribution in [0.15, 0.2) is 18.5 Å². The van der Waals surface area contributed by atoms with Crippen LogP contribution in [0, 0.1) is 0 Å². The van der Waals surface area contributed by atoms with Gasteiger partial charge in [0.2, 0.25) is 0 Å². The maximum absolute atomic E-state index is 11.5. The minimum Gasteiger partial charge on any atom is -0.370 e. The van der Waals surface area contributed by atoms with E-state index in [4.69, 9.17) is 4.74 Å². The van der Waals surface area contributed by atoms with Gasteiger partial charge in [0.1, 0.15) is 6.61 Å². The lowest BCUT2D eigenvalue weighted by Gasteiger charge is -2.08. The van der Waals surface area contributed by atoms with Crippen LogP contribution in [0.4, 0.5) is 0 Å². The molecule has 1 unspecified atom stereocenters. The van der Waals surface area contributed by atoms with Crippen LogP contribution >= 0.6 is 0 Å². The summed E-state index contributed by atoms with van der Waals surface area (Å²) in [6.07, 6.45) is 4.75. The summed E-state index contributed by atoms with van der Waals surface area (Å²) in [5, 5.41) is 0. The minimum atomic E-state index is 0.0471. The molecule has 0 saturated heterocycles. The Labute approximate surface area is 84.7 Å². The Morgan fingerprint density at radius 2 is 2.36 bits per heavy atom. The normalized spacial score (nSPS) is 12.8. The fourth-order valence-electron chi connectivity index (χ4n) is 1.09. The summed E-state index contributed by atoms with van der Waals surface area (Å²) in [5.74, 6) is 0.0471. The molecule has 1 atom stereocenters. The average Bonchev–Trinajstić information content (AvgIpc) is 2.60. The van der Waals surface area contributed by atoms with Gasteiger partial charge in [-0.2, -0.15) is 0 Å². The molecule has 0 fully saturated rings. The van der Waals surface area contributed by atoms with Gasteiger partial charge in [0.25, 0.3) is 0 Å². The summed E-state index contributed by atoms with van der Waals surface area (Å²) < 4.78 is 7.22. The Hall–Kier alpha value is -1.09. The molecule has 3 nitrogen and oxygen atoms in total. The van der Waals surface area contributed by atoms with Crippen molar-refractivity contribution in [3.05, 3.63) is 24.0 Å². The molecule has 0 aromatic carbocycles. The molecule has 0 aliphatic heterocycles. The van der Waals surface area contributed by atoms with Crippen LogP contribution in [0.2, 0.25) is 0 Å². The Bertz CT molecular complexity index is 304. The number of nitrogens with zero attached hydrogens (tertiary/aromatic N) is 1. The number of carbonyl (C=O) groups is 1. The van der Waals surface area contributed by atoms with Crippen molar-refractivity contribution in [1.29, 1.82) is 0 Å².